The molecule has 2 saturated carbocycles. The number of amides is 1. The molecule has 3 N–H and O–H groups in total. The van der Waals surface area contributed by atoms with Gasteiger partial charge in [0.2, 0.25) is 0 Å². The lowest BCUT2D eigenvalue weighted by atomic mass is 9.74. The summed E-state index contributed by atoms with van der Waals surface area (Å²) in [7, 11) is 1.79. The van der Waals surface area contributed by atoms with Gasteiger partial charge in [-0.3, -0.25) is 9.69 Å². The Bertz CT molecular complexity index is 758. The molecule has 0 bridgehead atoms. The Hall–Kier alpha value is -1.88. The van der Waals surface area contributed by atoms with Crippen LogP contribution in [0.2, 0.25) is 0 Å². The highest BCUT2D eigenvalue weighted by molar-refractivity contribution is 6.06. The van der Waals surface area contributed by atoms with E-state index in [0.717, 1.165) is 38.1 Å². The van der Waals surface area contributed by atoms with Crippen LogP contribution in [-0.4, -0.2) is 35.4 Å². The van der Waals surface area contributed by atoms with Crippen LogP contribution in [0.5, 0.6) is 0 Å². The summed E-state index contributed by atoms with van der Waals surface area (Å²) in [6, 6.07) is 11.1. The van der Waals surface area contributed by atoms with Gasteiger partial charge in [-0.05, 0) is 49.5 Å². The van der Waals surface area contributed by atoms with E-state index in [2.05, 4.69) is 35.6 Å². The normalized spacial score (nSPS) is 29.9. The number of carbonyl (C=O) groups excluding carboxylic acids is 1. The molecule has 0 unspecified atom stereocenters. The summed E-state index contributed by atoms with van der Waals surface area (Å²) in [5.74, 6) is 1.82. The first-order valence-corrected chi connectivity index (χ1v) is 12.5. The zero-order valence-corrected chi connectivity index (χ0v) is 19.2. The summed E-state index contributed by atoms with van der Waals surface area (Å²) in [4.78, 5) is 19.7. The third-order valence-electron chi connectivity index (χ3n) is 7.91. The molecule has 2 fully saturated rings. The highest BCUT2D eigenvalue weighted by Crippen LogP contribution is 2.40. The summed E-state index contributed by atoms with van der Waals surface area (Å²) >= 11 is 0. The zero-order chi connectivity index (χ0) is 21.7. The minimum atomic E-state index is -0.623. The number of aliphatic imine (C=N–C) groups is 1. The Kier molecular flexibility index (Phi) is 7.31. The van der Waals surface area contributed by atoms with Gasteiger partial charge >= 0.3 is 0 Å². The second-order valence-electron chi connectivity index (χ2n) is 10.2. The van der Waals surface area contributed by atoms with E-state index in [4.69, 9.17) is 10.7 Å². The lowest BCUT2D eigenvalue weighted by Crippen LogP contribution is -2.44. The van der Waals surface area contributed by atoms with E-state index in [-0.39, 0.29) is 5.91 Å². The van der Waals surface area contributed by atoms with Crippen molar-refractivity contribution in [3.8, 4) is 0 Å². The fourth-order valence-corrected chi connectivity index (χ4v) is 6.07. The molecule has 5 nitrogen and oxygen atoms in total. The van der Waals surface area contributed by atoms with Crippen molar-refractivity contribution >= 4 is 11.9 Å². The number of likely N-dealkylation sites (N-methyl/N-ethyl adjacent to an activating group) is 1. The first-order chi connectivity index (χ1) is 15.1. The molecule has 170 valence electrons. The molecule has 3 aliphatic rings. The van der Waals surface area contributed by atoms with Gasteiger partial charge in [-0.2, -0.15) is 0 Å². The van der Waals surface area contributed by atoms with Crippen LogP contribution in [0.15, 0.2) is 35.3 Å². The van der Waals surface area contributed by atoms with Gasteiger partial charge < -0.3 is 11.1 Å². The van der Waals surface area contributed by atoms with E-state index in [1.165, 1.54) is 56.9 Å². The van der Waals surface area contributed by atoms with Gasteiger partial charge in [0.15, 0.2) is 5.96 Å². The highest BCUT2D eigenvalue weighted by Gasteiger charge is 2.47. The van der Waals surface area contributed by atoms with Crippen molar-refractivity contribution in [2.45, 2.75) is 95.2 Å². The molecular weight excluding hydrogens is 384 g/mol. The number of hydrogen-bond donors (Lipinski definition) is 2. The van der Waals surface area contributed by atoms with Crippen LogP contribution in [0.1, 0.15) is 82.6 Å². The predicted molar refractivity (Wildman–Crippen MR) is 127 cm³/mol. The average Bonchev–Trinajstić information content (AvgIpc) is 3.01. The minimum absolute atomic E-state index is 0.125. The van der Waals surface area contributed by atoms with E-state index in [1.54, 1.807) is 11.9 Å². The van der Waals surface area contributed by atoms with Crippen molar-refractivity contribution in [3.63, 3.8) is 0 Å². The fraction of sp³-hybridized carbons (Fsp3) is 0.692. The maximum Gasteiger partial charge on any atom is 0.257 e. The molecular formula is C26H40N4O. The van der Waals surface area contributed by atoms with Crippen LogP contribution in [0.25, 0.3) is 0 Å². The SMILES string of the molecule is CN1C(=O)[C@@](CCC2CCCCC2)(C[C@H]2CCC[C@@H](NCc3ccccc3)C2)N=C1N. The van der Waals surface area contributed by atoms with Crippen molar-refractivity contribution in [3.05, 3.63) is 35.9 Å². The van der Waals surface area contributed by atoms with Gasteiger partial charge in [-0.15, -0.1) is 0 Å². The lowest BCUT2D eigenvalue weighted by Gasteiger charge is -2.35. The quantitative estimate of drug-likeness (QED) is 0.640. The van der Waals surface area contributed by atoms with Crippen LogP contribution in [0, 0.1) is 11.8 Å². The molecule has 31 heavy (non-hydrogen) atoms. The summed E-state index contributed by atoms with van der Waals surface area (Å²) in [6.07, 6.45) is 14.3. The van der Waals surface area contributed by atoms with Crippen LogP contribution >= 0.6 is 0 Å². The van der Waals surface area contributed by atoms with Gasteiger partial charge in [0, 0.05) is 19.6 Å². The molecule has 0 spiro atoms. The van der Waals surface area contributed by atoms with Crippen LogP contribution in [0.3, 0.4) is 0 Å². The molecule has 5 heteroatoms. The Balaban J connectivity index is 1.38. The van der Waals surface area contributed by atoms with Crippen LogP contribution in [-0.2, 0) is 11.3 Å². The van der Waals surface area contributed by atoms with Gasteiger partial charge in [0.25, 0.3) is 5.91 Å². The zero-order valence-electron chi connectivity index (χ0n) is 19.2. The van der Waals surface area contributed by atoms with Gasteiger partial charge in [0.05, 0.1) is 0 Å². The van der Waals surface area contributed by atoms with E-state index < -0.39 is 5.54 Å². The van der Waals surface area contributed by atoms with Crippen molar-refractivity contribution in [1.82, 2.24) is 10.2 Å². The lowest BCUT2D eigenvalue weighted by molar-refractivity contribution is -0.131. The first-order valence-electron chi connectivity index (χ1n) is 12.5. The Morgan fingerprint density at radius 1 is 1.06 bits per heavy atom. The summed E-state index contributed by atoms with van der Waals surface area (Å²) in [6.45, 7) is 0.915. The maximum absolute atomic E-state index is 13.3. The smallest absolute Gasteiger partial charge is 0.257 e. The van der Waals surface area contributed by atoms with Crippen LogP contribution in [0.4, 0.5) is 0 Å². The molecule has 1 aliphatic heterocycles. The Labute approximate surface area is 187 Å². The summed E-state index contributed by atoms with van der Waals surface area (Å²) in [5.41, 5.74) is 6.85. The fourth-order valence-electron chi connectivity index (χ4n) is 6.07. The van der Waals surface area contributed by atoms with E-state index in [1.807, 2.05) is 0 Å². The molecule has 1 aromatic carbocycles. The topological polar surface area (TPSA) is 70.7 Å². The largest absolute Gasteiger partial charge is 0.369 e. The molecule has 3 atom stereocenters. The number of hydrogen-bond acceptors (Lipinski definition) is 4. The number of nitrogens with zero attached hydrogens (tertiary/aromatic N) is 2. The van der Waals surface area contributed by atoms with Crippen molar-refractivity contribution < 1.29 is 4.79 Å². The molecule has 1 amide bonds. The molecule has 2 aliphatic carbocycles. The third kappa shape index (κ3) is 5.49. The molecule has 0 radical (unpaired) electrons. The summed E-state index contributed by atoms with van der Waals surface area (Å²) < 4.78 is 0. The Morgan fingerprint density at radius 3 is 2.52 bits per heavy atom. The average molecular weight is 425 g/mol. The second kappa shape index (κ2) is 10.2. The second-order valence-corrected chi connectivity index (χ2v) is 10.2. The predicted octanol–water partition coefficient (Wildman–Crippen LogP) is 4.61. The standard InChI is InChI=1S/C26H40N4O/c1-30-24(31)26(29-25(30)27,16-15-20-9-4-2-5-10-20)18-22-13-8-14-23(17-22)28-19-21-11-6-3-7-12-21/h3,6-7,11-12,20,22-23,28H,2,4-5,8-10,13-19H2,1H3,(H2,27,29)/t22-,23+,26+/m0/s1. The third-order valence-corrected chi connectivity index (χ3v) is 7.91. The van der Waals surface area contributed by atoms with Crippen molar-refractivity contribution in [1.29, 1.82) is 0 Å². The highest BCUT2D eigenvalue weighted by atomic mass is 16.2. The number of carbonyl (C=O) groups is 1. The molecule has 0 saturated heterocycles. The van der Waals surface area contributed by atoms with E-state index in [9.17, 15) is 4.79 Å². The number of nitrogens with two attached hydrogens (primary N) is 1. The number of nitrogens with one attached hydrogen (secondary N) is 1. The van der Waals surface area contributed by atoms with Crippen molar-refractivity contribution in [2.75, 3.05) is 7.05 Å². The van der Waals surface area contributed by atoms with Crippen molar-refractivity contribution in [2.24, 2.45) is 22.6 Å². The Morgan fingerprint density at radius 2 is 1.81 bits per heavy atom. The van der Waals surface area contributed by atoms with E-state index in [0.29, 0.717) is 17.9 Å². The van der Waals surface area contributed by atoms with Gasteiger partial charge in [0.1, 0.15) is 5.54 Å². The van der Waals surface area contributed by atoms with Gasteiger partial charge in [-0.1, -0.05) is 75.3 Å². The van der Waals surface area contributed by atoms with E-state index >= 15 is 0 Å². The monoisotopic (exact) mass is 424 g/mol. The molecule has 1 heterocycles. The first kappa shape index (κ1) is 22.3. The molecule has 1 aromatic rings. The number of guanidine groups is 1. The molecule has 4 rings (SSSR count). The number of rotatable bonds is 8. The summed E-state index contributed by atoms with van der Waals surface area (Å²) in [5, 5.41) is 3.76. The molecule has 0 aromatic heterocycles. The van der Waals surface area contributed by atoms with Crippen LogP contribution < -0.4 is 11.1 Å². The number of benzene rings is 1. The van der Waals surface area contributed by atoms with Gasteiger partial charge in [-0.25, -0.2) is 4.99 Å². The maximum atomic E-state index is 13.3. The minimum Gasteiger partial charge on any atom is -0.369 e.